The fraction of sp³-hybridized carbons (Fsp3) is 0.588. The number of aryl methyl sites for hydroxylation is 3. The Balaban J connectivity index is 1.76. The van der Waals surface area contributed by atoms with Gasteiger partial charge in [-0.25, -0.2) is 4.98 Å². The molecule has 3 rings (SSSR count). The Hall–Kier alpha value is -2.15. The second-order valence-corrected chi connectivity index (χ2v) is 6.22. The molecule has 3 heterocycles. The van der Waals surface area contributed by atoms with Gasteiger partial charge in [0.25, 0.3) is 5.91 Å². The molecule has 24 heavy (non-hydrogen) atoms. The summed E-state index contributed by atoms with van der Waals surface area (Å²) in [5, 5.41) is 7.19. The molecule has 0 saturated carbocycles. The minimum absolute atomic E-state index is 0.0144. The Morgan fingerprint density at radius 1 is 1.33 bits per heavy atom. The average molecular weight is 332 g/mol. The van der Waals surface area contributed by atoms with Crippen LogP contribution in [0.15, 0.2) is 4.42 Å². The Morgan fingerprint density at radius 2 is 2.12 bits per heavy atom. The number of nitrogens with one attached hydrogen (secondary N) is 1. The number of aromatic nitrogens is 3. The molecule has 1 amide bonds. The summed E-state index contributed by atoms with van der Waals surface area (Å²) in [6, 6.07) is 0. The van der Waals surface area contributed by atoms with Crippen molar-refractivity contribution < 1.29 is 13.9 Å². The van der Waals surface area contributed by atoms with Crippen LogP contribution in [0.2, 0.25) is 0 Å². The number of rotatable bonds is 4. The number of nitrogens with zero attached hydrogens (tertiary/aromatic N) is 3. The fourth-order valence-corrected chi connectivity index (χ4v) is 3.06. The first-order valence-corrected chi connectivity index (χ1v) is 8.39. The van der Waals surface area contributed by atoms with Crippen LogP contribution >= 0.6 is 0 Å². The first-order valence-electron chi connectivity index (χ1n) is 8.39. The molecular weight excluding hydrogens is 308 g/mol. The number of amides is 1. The van der Waals surface area contributed by atoms with E-state index in [-0.39, 0.29) is 12.0 Å². The molecule has 0 spiro atoms. The molecule has 7 nitrogen and oxygen atoms in total. The van der Waals surface area contributed by atoms with Gasteiger partial charge in [-0.1, -0.05) is 6.92 Å². The van der Waals surface area contributed by atoms with E-state index in [4.69, 9.17) is 9.15 Å². The van der Waals surface area contributed by atoms with E-state index in [9.17, 15) is 4.79 Å². The van der Waals surface area contributed by atoms with Gasteiger partial charge in [-0.3, -0.25) is 9.89 Å². The van der Waals surface area contributed by atoms with E-state index in [0.717, 1.165) is 30.0 Å². The minimum Gasteiger partial charge on any atom is -0.466 e. The molecule has 1 N–H and O–H groups in total. The summed E-state index contributed by atoms with van der Waals surface area (Å²) in [7, 11) is 0. The number of carbonyl (C=O) groups excluding carboxylic acids is 1. The third kappa shape index (κ3) is 3.08. The Labute approximate surface area is 141 Å². The monoisotopic (exact) mass is 332 g/mol. The van der Waals surface area contributed by atoms with Crippen molar-refractivity contribution in [2.24, 2.45) is 0 Å². The maximum atomic E-state index is 12.9. The highest BCUT2D eigenvalue weighted by Gasteiger charge is 2.31. The van der Waals surface area contributed by atoms with Gasteiger partial charge in [-0.2, -0.15) is 5.10 Å². The van der Waals surface area contributed by atoms with Crippen LogP contribution in [0.5, 0.6) is 0 Å². The number of H-pyrrole nitrogens is 1. The normalized spacial score (nSPS) is 18.2. The standard InChI is InChI=1S/C17H24N4O3/c1-5-6-14-18-16(20-19-14)13-9-21(7-8-23-13)17(22)15-10(2)11(3)24-12(15)4/h13H,5-9H2,1-4H3,(H,18,19,20)/t13-/m1/s1. The molecule has 1 aliphatic rings. The first kappa shape index (κ1) is 16.7. The van der Waals surface area contributed by atoms with Crippen LogP contribution in [0.3, 0.4) is 0 Å². The number of hydrogen-bond acceptors (Lipinski definition) is 5. The topological polar surface area (TPSA) is 84.2 Å². The molecule has 2 aromatic heterocycles. The highest BCUT2D eigenvalue weighted by molar-refractivity contribution is 5.97. The minimum atomic E-state index is -0.293. The van der Waals surface area contributed by atoms with Gasteiger partial charge in [0.15, 0.2) is 5.82 Å². The van der Waals surface area contributed by atoms with Crippen molar-refractivity contribution >= 4 is 5.91 Å². The van der Waals surface area contributed by atoms with Crippen LogP contribution in [0.25, 0.3) is 0 Å². The van der Waals surface area contributed by atoms with Crippen molar-refractivity contribution in [3.05, 3.63) is 34.3 Å². The van der Waals surface area contributed by atoms with Crippen molar-refractivity contribution in [3.63, 3.8) is 0 Å². The van der Waals surface area contributed by atoms with Crippen LogP contribution in [0.1, 0.15) is 58.5 Å². The summed E-state index contributed by atoms with van der Waals surface area (Å²) in [4.78, 5) is 19.2. The number of ether oxygens (including phenoxy) is 1. The molecule has 7 heteroatoms. The number of morpholine rings is 1. The number of carbonyl (C=O) groups is 1. The Kier molecular flexibility index (Phi) is 4.71. The zero-order valence-electron chi connectivity index (χ0n) is 14.7. The molecule has 1 atom stereocenters. The molecule has 2 aromatic rings. The zero-order valence-corrected chi connectivity index (χ0v) is 14.7. The van der Waals surface area contributed by atoms with Crippen LogP contribution < -0.4 is 0 Å². The van der Waals surface area contributed by atoms with Gasteiger partial charge in [0.1, 0.15) is 23.4 Å². The lowest BCUT2D eigenvalue weighted by Crippen LogP contribution is -2.42. The van der Waals surface area contributed by atoms with Gasteiger partial charge < -0.3 is 14.1 Å². The van der Waals surface area contributed by atoms with Gasteiger partial charge in [0.2, 0.25) is 0 Å². The van der Waals surface area contributed by atoms with Crippen molar-refractivity contribution in [2.45, 2.75) is 46.6 Å². The summed E-state index contributed by atoms with van der Waals surface area (Å²) in [5.74, 6) is 2.92. The predicted molar refractivity (Wildman–Crippen MR) is 87.9 cm³/mol. The smallest absolute Gasteiger partial charge is 0.257 e. The van der Waals surface area contributed by atoms with Crippen LogP contribution in [0.4, 0.5) is 0 Å². The predicted octanol–water partition coefficient (Wildman–Crippen LogP) is 2.49. The summed E-state index contributed by atoms with van der Waals surface area (Å²) < 4.78 is 11.4. The Bertz CT molecular complexity index is 734. The maximum Gasteiger partial charge on any atom is 0.257 e. The van der Waals surface area contributed by atoms with Crippen LogP contribution in [-0.2, 0) is 11.2 Å². The summed E-state index contributed by atoms with van der Waals surface area (Å²) in [6.07, 6.45) is 1.57. The zero-order chi connectivity index (χ0) is 17.3. The SMILES string of the molecule is CCCc1nc([C@H]2CN(C(=O)c3c(C)oc(C)c3C)CCO2)n[nH]1. The van der Waals surface area contributed by atoms with Crippen LogP contribution in [-0.4, -0.2) is 45.7 Å². The third-order valence-corrected chi connectivity index (χ3v) is 4.45. The molecule has 0 radical (unpaired) electrons. The van der Waals surface area contributed by atoms with E-state index in [0.29, 0.717) is 36.8 Å². The van der Waals surface area contributed by atoms with Crippen molar-refractivity contribution in [2.75, 3.05) is 19.7 Å². The highest BCUT2D eigenvalue weighted by Crippen LogP contribution is 2.25. The quantitative estimate of drug-likeness (QED) is 0.930. The first-order chi connectivity index (χ1) is 11.5. The van der Waals surface area contributed by atoms with E-state index in [1.807, 2.05) is 20.8 Å². The van der Waals surface area contributed by atoms with E-state index in [1.54, 1.807) is 4.90 Å². The summed E-state index contributed by atoms with van der Waals surface area (Å²) in [5.41, 5.74) is 1.57. The molecule has 0 unspecified atom stereocenters. The van der Waals surface area contributed by atoms with E-state index < -0.39 is 0 Å². The molecule has 0 aromatic carbocycles. The molecule has 1 aliphatic heterocycles. The lowest BCUT2D eigenvalue weighted by Gasteiger charge is -2.31. The second kappa shape index (κ2) is 6.76. The van der Waals surface area contributed by atoms with Crippen LogP contribution in [0, 0.1) is 20.8 Å². The largest absolute Gasteiger partial charge is 0.466 e. The maximum absolute atomic E-state index is 12.9. The highest BCUT2D eigenvalue weighted by atomic mass is 16.5. The van der Waals surface area contributed by atoms with Gasteiger partial charge in [0, 0.05) is 18.5 Å². The molecule has 1 fully saturated rings. The molecule has 1 saturated heterocycles. The van der Waals surface area contributed by atoms with Gasteiger partial charge >= 0.3 is 0 Å². The van der Waals surface area contributed by atoms with Crippen molar-refractivity contribution in [1.29, 1.82) is 0 Å². The van der Waals surface area contributed by atoms with Crippen molar-refractivity contribution in [3.8, 4) is 0 Å². The fourth-order valence-electron chi connectivity index (χ4n) is 3.06. The van der Waals surface area contributed by atoms with E-state index in [2.05, 4.69) is 22.1 Å². The van der Waals surface area contributed by atoms with Crippen molar-refractivity contribution in [1.82, 2.24) is 20.1 Å². The molecule has 0 bridgehead atoms. The number of hydrogen-bond donors (Lipinski definition) is 1. The van der Waals surface area contributed by atoms with Gasteiger partial charge in [-0.05, 0) is 27.2 Å². The molecule has 0 aliphatic carbocycles. The summed E-state index contributed by atoms with van der Waals surface area (Å²) >= 11 is 0. The van der Waals surface area contributed by atoms with E-state index >= 15 is 0 Å². The third-order valence-electron chi connectivity index (χ3n) is 4.45. The van der Waals surface area contributed by atoms with Gasteiger partial charge in [-0.15, -0.1) is 0 Å². The number of aromatic amines is 1. The molecule has 130 valence electrons. The Morgan fingerprint density at radius 3 is 2.79 bits per heavy atom. The van der Waals surface area contributed by atoms with Gasteiger partial charge in [0.05, 0.1) is 18.7 Å². The lowest BCUT2D eigenvalue weighted by atomic mass is 10.1. The molecular formula is C17H24N4O3. The average Bonchev–Trinajstić information content (AvgIpc) is 3.13. The second-order valence-electron chi connectivity index (χ2n) is 6.22. The number of furan rings is 1. The van der Waals surface area contributed by atoms with E-state index in [1.165, 1.54) is 0 Å². The summed E-state index contributed by atoms with van der Waals surface area (Å²) in [6.45, 7) is 9.21. The lowest BCUT2D eigenvalue weighted by molar-refractivity contribution is -0.0267.